The second-order valence-corrected chi connectivity index (χ2v) is 5.69. The Morgan fingerprint density at radius 3 is 2.53 bits per heavy atom. The van der Waals surface area contributed by atoms with Gasteiger partial charge in [-0.2, -0.15) is 0 Å². The SMILES string of the molecule is COc1c(Br)cc(Cl)cc1C(O)c1cccc(Cl)c1. The van der Waals surface area contributed by atoms with E-state index in [1.165, 1.54) is 0 Å². The average molecular weight is 362 g/mol. The minimum atomic E-state index is -0.858. The number of ether oxygens (including phenoxy) is 1. The maximum Gasteiger partial charge on any atom is 0.139 e. The summed E-state index contributed by atoms with van der Waals surface area (Å²) in [5.41, 5.74) is 1.27. The van der Waals surface area contributed by atoms with Crippen LogP contribution in [0.4, 0.5) is 0 Å². The zero-order chi connectivity index (χ0) is 14.0. The van der Waals surface area contributed by atoms with Gasteiger partial charge in [0.15, 0.2) is 0 Å². The molecule has 2 rings (SSSR count). The number of halogens is 3. The van der Waals surface area contributed by atoms with E-state index in [-0.39, 0.29) is 0 Å². The molecule has 0 aliphatic heterocycles. The van der Waals surface area contributed by atoms with E-state index in [1.807, 2.05) is 0 Å². The zero-order valence-electron chi connectivity index (χ0n) is 10.0. The number of benzene rings is 2. The molecule has 1 N–H and O–H groups in total. The predicted molar refractivity (Wildman–Crippen MR) is 81.2 cm³/mol. The van der Waals surface area contributed by atoms with Crippen LogP contribution in [0.2, 0.25) is 10.0 Å². The van der Waals surface area contributed by atoms with E-state index < -0.39 is 6.10 Å². The second kappa shape index (κ2) is 6.14. The molecule has 1 unspecified atom stereocenters. The number of aliphatic hydroxyl groups is 1. The van der Waals surface area contributed by atoms with Gasteiger partial charge in [0.1, 0.15) is 11.9 Å². The van der Waals surface area contributed by atoms with E-state index in [4.69, 9.17) is 27.9 Å². The van der Waals surface area contributed by atoms with Gasteiger partial charge in [-0.15, -0.1) is 0 Å². The van der Waals surface area contributed by atoms with E-state index in [0.29, 0.717) is 31.4 Å². The van der Waals surface area contributed by atoms with Crippen LogP contribution >= 0.6 is 39.1 Å². The Labute approximate surface area is 130 Å². The van der Waals surface area contributed by atoms with E-state index in [0.717, 1.165) is 0 Å². The Morgan fingerprint density at radius 2 is 1.89 bits per heavy atom. The van der Waals surface area contributed by atoms with E-state index in [1.54, 1.807) is 43.5 Å². The molecule has 2 aromatic rings. The Morgan fingerprint density at radius 1 is 1.16 bits per heavy atom. The standard InChI is InChI=1S/C14H11BrCl2O2/c1-19-14-11(6-10(17)7-12(14)15)13(18)8-3-2-4-9(16)5-8/h2-7,13,18H,1H3. The predicted octanol–water partition coefficient (Wildman–Crippen LogP) is 4.85. The molecule has 0 radical (unpaired) electrons. The molecule has 2 aromatic carbocycles. The molecule has 100 valence electrons. The number of methoxy groups -OCH3 is 1. The number of hydrogen-bond donors (Lipinski definition) is 1. The Kier molecular flexibility index (Phi) is 4.74. The van der Waals surface area contributed by atoms with Gasteiger partial charge >= 0.3 is 0 Å². The van der Waals surface area contributed by atoms with Gasteiger partial charge in [0.25, 0.3) is 0 Å². The summed E-state index contributed by atoms with van der Waals surface area (Å²) in [4.78, 5) is 0. The first kappa shape index (κ1) is 14.7. The summed E-state index contributed by atoms with van der Waals surface area (Å²) in [6.45, 7) is 0. The lowest BCUT2D eigenvalue weighted by Crippen LogP contribution is -2.03. The lowest BCUT2D eigenvalue weighted by molar-refractivity contribution is 0.214. The summed E-state index contributed by atoms with van der Waals surface area (Å²) >= 11 is 15.3. The van der Waals surface area contributed by atoms with Gasteiger partial charge in [-0.05, 0) is 45.8 Å². The highest BCUT2D eigenvalue weighted by atomic mass is 79.9. The van der Waals surface area contributed by atoms with Gasteiger partial charge < -0.3 is 9.84 Å². The maximum atomic E-state index is 10.5. The molecular formula is C14H11BrCl2O2. The third-order valence-electron chi connectivity index (χ3n) is 2.70. The van der Waals surface area contributed by atoms with Crippen LogP contribution in [0.5, 0.6) is 5.75 Å². The van der Waals surface area contributed by atoms with Crippen molar-refractivity contribution in [3.8, 4) is 5.75 Å². The summed E-state index contributed by atoms with van der Waals surface area (Å²) in [6, 6.07) is 10.4. The lowest BCUT2D eigenvalue weighted by Gasteiger charge is -2.17. The maximum absolute atomic E-state index is 10.5. The van der Waals surface area contributed by atoms with Crippen LogP contribution in [0.1, 0.15) is 17.2 Å². The topological polar surface area (TPSA) is 29.5 Å². The highest BCUT2D eigenvalue weighted by Gasteiger charge is 2.18. The number of aliphatic hydroxyl groups excluding tert-OH is 1. The summed E-state index contributed by atoms with van der Waals surface area (Å²) in [6.07, 6.45) is -0.858. The Balaban J connectivity index is 2.52. The molecule has 0 aliphatic rings. The highest BCUT2D eigenvalue weighted by molar-refractivity contribution is 9.10. The van der Waals surface area contributed by atoms with Gasteiger partial charge in [-0.3, -0.25) is 0 Å². The van der Waals surface area contributed by atoms with Crippen LogP contribution in [0.3, 0.4) is 0 Å². The minimum absolute atomic E-state index is 0.517. The van der Waals surface area contributed by atoms with Crippen LogP contribution in [-0.2, 0) is 0 Å². The first-order valence-electron chi connectivity index (χ1n) is 5.49. The third-order valence-corrected chi connectivity index (χ3v) is 3.74. The Hall–Kier alpha value is -0.740. The molecule has 19 heavy (non-hydrogen) atoms. The fraction of sp³-hybridized carbons (Fsp3) is 0.143. The average Bonchev–Trinajstić information content (AvgIpc) is 2.37. The van der Waals surface area contributed by atoms with Gasteiger partial charge in [0.2, 0.25) is 0 Å². The summed E-state index contributed by atoms with van der Waals surface area (Å²) in [7, 11) is 1.54. The molecule has 0 heterocycles. The molecule has 0 saturated heterocycles. The van der Waals surface area contributed by atoms with Crippen LogP contribution in [-0.4, -0.2) is 12.2 Å². The first-order chi connectivity index (χ1) is 9.02. The lowest BCUT2D eigenvalue weighted by atomic mass is 10.0. The molecule has 5 heteroatoms. The molecule has 0 fully saturated rings. The zero-order valence-corrected chi connectivity index (χ0v) is 13.1. The number of hydrogen-bond acceptors (Lipinski definition) is 2. The van der Waals surface area contributed by atoms with Crippen molar-refractivity contribution in [1.82, 2.24) is 0 Å². The number of rotatable bonds is 3. The molecule has 0 aromatic heterocycles. The van der Waals surface area contributed by atoms with Crippen LogP contribution < -0.4 is 4.74 Å². The van der Waals surface area contributed by atoms with Gasteiger partial charge in [-0.25, -0.2) is 0 Å². The monoisotopic (exact) mass is 360 g/mol. The van der Waals surface area contributed by atoms with E-state index in [2.05, 4.69) is 15.9 Å². The largest absolute Gasteiger partial charge is 0.495 e. The van der Waals surface area contributed by atoms with Crippen molar-refractivity contribution in [1.29, 1.82) is 0 Å². The van der Waals surface area contributed by atoms with Gasteiger partial charge in [-0.1, -0.05) is 35.3 Å². The minimum Gasteiger partial charge on any atom is -0.495 e. The fourth-order valence-electron chi connectivity index (χ4n) is 1.85. The molecule has 0 aliphatic carbocycles. The quantitative estimate of drug-likeness (QED) is 0.846. The Bertz CT molecular complexity index is 602. The molecule has 0 amide bonds. The van der Waals surface area contributed by atoms with E-state index in [9.17, 15) is 5.11 Å². The van der Waals surface area contributed by atoms with Crippen molar-refractivity contribution in [3.05, 3.63) is 62.0 Å². The molecule has 0 saturated carbocycles. The van der Waals surface area contributed by atoms with Crippen molar-refractivity contribution in [3.63, 3.8) is 0 Å². The molecule has 0 spiro atoms. The first-order valence-corrected chi connectivity index (χ1v) is 7.04. The van der Waals surface area contributed by atoms with Crippen LogP contribution in [0, 0.1) is 0 Å². The van der Waals surface area contributed by atoms with Crippen molar-refractivity contribution in [2.75, 3.05) is 7.11 Å². The van der Waals surface area contributed by atoms with Crippen molar-refractivity contribution >= 4 is 39.1 Å². The van der Waals surface area contributed by atoms with E-state index >= 15 is 0 Å². The molecule has 0 bridgehead atoms. The normalized spacial score (nSPS) is 12.3. The third kappa shape index (κ3) is 3.23. The van der Waals surface area contributed by atoms with Crippen molar-refractivity contribution in [2.45, 2.75) is 6.10 Å². The van der Waals surface area contributed by atoms with Crippen LogP contribution in [0.25, 0.3) is 0 Å². The summed E-state index contributed by atoms with van der Waals surface area (Å²) in [5, 5.41) is 11.5. The molecule has 1 atom stereocenters. The van der Waals surface area contributed by atoms with Crippen molar-refractivity contribution < 1.29 is 9.84 Å². The molecule has 2 nitrogen and oxygen atoms in total. The summed E-state index contributed by atoms with van der Waals surface area (Å²) < 4.78 is 6.00. The second-order valence-electron chi connectivity index (χ2n) is 3.97. The highest BCUT2D eigenvalue weighted by Crippen LogP contribution is 2.38. The fourth-order valence-corrected chi connectivity index (χ4v) is 3.05. The van der Waals surface area contributed by atoms with Crippen molar-refractivity contribution in [2.24, 2.45) is 0 Å². The smallest absolute Gasteiger partial charge is 0.139 e. The van der Waals surface area contributed by atoms with Crippen LogP contribution in [0.15, 0.2) is 40.9 Å². The van der Waals surface area contributed by atoms with Gasteiger partial charge in [0, 0.05) is 15.6 Å². The molecular weight excluding hydrogens is 351 g/mol. The van der Waals surface area contributed by atoms with Gasteiger partial charge in [0.05, 0.1) is 11.6 Å². The summed E-state index contributed by atoms with van der Waals surface area (Å²) in [5.74, 6) is 0.553.